The lowest BCUT2D eigenvalue weighted by Gasteiger charge is -2.20. The van der Waals surface area contributed by atoms with Crippen LogP contribution < -0.4 is 0 Å². The number of thiophene rings is 2. The Morgan fingerprint density at radius 1 is 0.300 bits per heavy atom. The first-order chi connectivity index (χ1) is 24.8. The quantitative estimate of drug-likeness (QED) is 0.164. The van der Waals surface area contributed by atoms with Gasteiger partial charge in [0, 0.05) is 45.9 Å². The highest BCUT2D eigenvalue weighted by atomic mass is 32.1. The van der Waals surface area contributed by atoms with Crippen molar-refractivity contribution in [1.29, 1.82) is 0 Å². The number of benzene rings is 9. The molecule has 0 fully saturated rings. The Balaban J connectivity index is 1.32. The zero-order chi connectivity index (χ0) is 32.8. The summed E-state index contributed by atoms with van der Waals surface area (Å²) in [5.41, 5.74) is 7.72. The van der Waals surface area contributed by atoms with Gasteiger partial charge >= 0.3 is 0 Å². The smallest absolute Gasteiger partial charge is 0.0441 e. The van der Waals surface area contributed by atoms with Crippen molar-refractivity contribution >= 4 is 95.3 Å². The third-order valence-electron chi connectivity index (χ3n) is 10.4. The summed E-state index contributed by atoms with van der Waals surface area (Å²) in [5.74, 6) is 0. The van der Waals surface area contributed by atoms with Gasteiger partial charge in [0.05, 0.1) is 0 Å². The molecule has 0 bridgehead atoms. The molecule has 2 aromatic heterocycles. The number of fused-ring (bicyclic) bond motifs is 9. The van der Waals surface area contributed by atoms with Gasteiger partial charge in [-0.3, -0.25) is 0 Å². The van der Waals surface area contributed by atoms with Gasteiger partial charge in [-0.05, 0) is 90.5 Å². The first-order valence-corrected chi connectivity index (χ1v) is 18.7. The summed E-state index contributed by atoms with van der Waals surface area (Å²) in [4.78, 5) is 0. The average Bonchev–Trinajstić information content (AvgIpc) is 3.74. The molecular weight excluding hydrogens is 641 g/mol. The summed E-state index contributed by atoms with van der Waals surface area (Å²) < 4.78 is 5.37. The van der Waals surface area contributed by atoms with Crippen LogP contribution in [0, 0.1) is 0 Å². The Labute approximate surface area is 297 Å². The van der Waals surface area contributed by atoms with E-state index in [1.165, 1.54) is 106 Å². The molecule has 50 heavy (non-hydrogen) atoms. The van der Waals surface area contributed by atoms with Crippen LogP contribution >= 0.6 is 22.7 Å². The van der Waals surface area contributed by atoms with Gasteiger partial charge in [-0.2, -0.15) is 0 Å². The molecule has 0 radical (unpaired) electrons. The molecule has 0 saturated heterocycles. The van der Waals surface area contributed by atoms with Crippen LogP contribution in [0.5, 0.6) is 0 Å². The molecule has 2 heterocycles. The van der Waals surface area contributed by atoms with Crippen LogP contribution in [-0.2, 0) is 0 Å². The molecular formula is C48H28S2. The molecule has 9 aromatic carbocycles. The molecule has 0 aliphatic rings. The van der Waals surface area contributed by atoms with Gasteiger partial charge < -0.3 is 0 Å². The van der Waals surface area contributed by atoms with Gasteiger partial charge in [0.25, 0.3) is 0 Å². The lowest BCUT2D eigenvalue weighted by atomic mass is 9.83. The maximum absolute atomic E-state index is 2.50. The van der Waals surface area contributed by atoms with Crippen LogP contribution in [0.1, 0.15) is 0 Å². The SMILES string of the molecule is c1ccc(-c2c3ccccc3c(-c3cc(-c4c5sc6ccccc6c5cc5sc6ccccc6c45)cc4ccccc34)c3ccccc23)cc1. The number of hydrogen-bond acceptors (Lipinski definition) is 2. The van der Waals surface area contributed by atoms with Crippen molar-refractivity contribution in [2.75, 3.05) is 0 Å². The topological polar surface area (TPSA) is 0 Å². The van der Waals surface area contributed by atoms with Crippen molar-refractivity contribution in [2.24, 2.45) is 0 Å². The summed E-state index contributed by atoms with van der Waals surface area (Å²) in [5, 5.41) is 13.0. The van der Waals surface area contributed by atoms with Crippen LogP contribution in [0.4, 0.5) is 0 Å². The molecule has 0 aliphatic carbocycles. The second-order valence-corrected chi connectivity index (χ2v) is 15.3. The fourth-order valence-electron chi connectivity index (χ4n) is 8.33. The minimum absolute atomic E-state index is 1.24. The van der Waals surface area contributed by atoms with Crippen molar-refractivity contribution in [2.45, 2.75) is 0 Å². The normalized spacial score (nSPS) is 12.0. The van der Waals surface area contributed by atoms with Gasteiger partial charge in [0.15, 0.2) is 0 Å². The van der Waals surface area contributed by atoms with Gasteiger partial charge in [-0.1, -0.05) is 140 Å². The van der Waals surface area contributed by atoms with Crippen molar-refractivity contribution < 1.29 is 0 Å². The predicted octanol–water partition coefficient (Wildman–Crippen LogP) is 14.9. The second kappa shape index (κ2) is 10.9. The zero-order valence-electron chi connectivity index (χ0n) is 27.0. The molecule has 0 saturated carbocycles. The van der Waals surface area contributed by atoms with E-state index in [1.54, 1.807) is 0 Å². The molecule has 232 valence electrons. The average molecular weight is 669 g/mol. The summed E-state index contributed by atoms with van der Waals surface area (Å²) in [6, 6.07) is 63.1. The molecule has 0 spiro atoms. The van der Waals surface area contributed by atoms with Crippen LogP contribution in [-0.4, -0.2) is 0 Å². The van der Waals surface area contributed by atoms with E-state index in [-0.39, 0.29) is 0 Å². The molecule has 11 aromatic rings. The molecule has 2 heteroatoms. The molecule has 0 N–H and O–H groups in total. The highest BCUT2D eigenvalue weighted by Crippen LogP contribution is 2.51. The maximum Gasteiger partial charge on any atom is 0.0441 e. The Bertz CT molecular complexity index is 3080. The third-order valence-corrected chi connectivity index (χ3v) is 12.7. The van der Waals surface area contributed by atoms with E-state index in [4.69, 9.17) is 0 Å². The summed E-state index contributed by atoms with van der Waals surface area (Å²) in [6.45, 7) is 0. The molecule has 0 aliphatic heterocycles. The predicted molar refractivity (Wildman–Crippen MR) is 221 cm³/mol. The fraction of sp³-hybridized carbons (Fsp3) is 0. The first kappa shape index (κ1) is 28.1. The minimum Gasteiger partial charge on any atom is -0.135 e. The molecule has 0 amide bonds. The standard InChI is InChI=1S/C48H28S2/c1-2-14-29(15-3-1)44-34-19-6-8-21-36(34)46(37-22-9-7-20-35(37)44)39-27-31(26-30-16-4-5-17-32(30)39)45-47-38-23-11-13-25-42(38)49-43(47)28-40-33-18-10-12-24-41(33)50-48(40)45/h1-28H. The fourth-order valence-corrected chi connectivity index (χ4v) is 10.7. The monoisotopic (exact) mass is 668 g/mol. The largest absolute Gasteiger partial charge is 0.135 e. The highest BCUT2D eigenvalue weighted by molar-refractivity contribution is 7.28. The van der Waals surface area contributed by atoms with Crippen molar-refractivity contribution in [3.8, 4) is 33.4 Å². The molecule has 0 unspecified atom stereocenters. The van der Waals surface area contributed by atoms with Gasteiger partial charge in [0.1, 0.15) is 0 Å². The van der Waals surface area contributed by atoms with E-state index in [1.807, 2.05) is 22.7 Å². The third kappa shape index (κ3) is 4.04. The number of rotatable bonds is 3. The van der Waals surface area contributed by atoms with Gasteiger partial charge in [-0.25, -0.2) is 0 Å². The van der Waals surface area contributed by atoms with Crippen molar-refractivity contribution in [3.63, 3.8) is 0 Å². The van der Waals surface area contributed by atoms with Crippen LogP contribution in [0.15, 0.2) is 170 Å². The van der Waals surface area contributed by atoms with E-state index in [9.17, 15) is 0 Å². The Hall–Kier alpha value is -5.80. The summed E-state index contributed by atoms with van der Waals surface area (Å²) in [6.07, 6.45) is 0. The van der Waals surface area contributed by atoms with E-state index >= 15 is 0 Å². The van der Waals surface area contributed by atoms with Gasteiger partial charge in [0.2, 0.25) is 0 Å². The van der Waals surface area contributed by atoms with Crippen LogP contribution in [0.3, 0.4) is 0 Å². The molecule has 0 nitrogen and oxygen atoms in total. The van der Waals surface area contributed by atoms with Crippen molar-refractivity contribution in [1.82, 2.24) is 0 Å². The number of hydrogen-bond donors (Lipinski definition) is 0. The highest BCUT2D eigenvalue weighted by Gasteiger charge is 2.22. The van der Waals surface area contributed by atoms with Gasteiger partial charge in [-0.15, -0.1) is 22.7 Å². The maximum atomic E-state index is 2.50. The lowest BCUT2D eigenvalue weighted by Crippen LogP contribution is -1.92. The lowest BCUT2D eigenvalue weighted by molar-refractivity contribution is 1.66. The van der Waals surface area contributed by atoms with E-state index in [0.29, 0.717) is 0 Å². The molecule has 11 rings (SSSR count). The first-order valence-electron chi connectivity index (χ1n) is 17.1. The van der Waals surface area contributed by atoms with E-state index in [2.05, 4.69) is 170 Å². The van der Waals surface area contributed by atoms with Crippen LogP contribution in [0.2, 0.25) is 0 Å². The van der Waals surface area contributed by atoms with Crippen molar-refractivity contribution in [3.05, 3.63) is 170 Å². The van der Waals surface area contributed by atoms with Crippen LogP contribution in [0.25, 0.3) is 106 Å². The Morgan fingerprint density at radius 2 is 0.840 bits per heavy atom. The molecule has 0 atom stereocenters. The Kier molecular flexibility index (Phi) is 6.09. The summed E-state index contributed by atoms with van der Waals surface area (Å²) >= 11 is 3.84. The second-order valence-electron chi connectivity index (χ2n) is 13.1. The zero-order valence-corrected chi connectivity index (χ0v) is 28.6. The van der Waals surface area contributed by atoms with E-state index in [0.717, 1.165) is 0 Å². The summed E-state index contributed by atoms with van der Waals surface area (Å²) in [7, 11) is 0. The minimum atomic E-state index is 1.24. The Morgan fingerprint density at radius 3 is 1.54 bits per heavy atom. The van der Waals surface area contributed by atoms with E-state index < -0.39 is 0 Å².